The Balaban J connectivity index is 1.31. The standard InChI is InChI=1S/C37H41ClFN3O5/c1-3-29-33(36(42-41-29)30(43)15-10-22-16-19-45-20-17-22)32-28(38)14-13-27-26(35(40-34(27)32)37(44)46-4-2)8-6-18-47-31-9-5-7-23-21-24(39)11-12-25(23)31/h5,7,9,11-14,21-22,30,40,43H,3-4,6,8,10,15-20H2,1-2H3,(H,41,42). The molecule has 10 heteroatoms. The molecule has 0 amide bonds. The van der Waals surface area contributed by atoms with Crippen LogP contribution < -0.4 is 4.74 Å². The van der Waals surface area contributed by atoms with Crippen LogP contribution in [0.15, 0.2) is 48.5 Å². The maximum absolute atomic E-state index is 13.8. The van der Waals surface area contributed by atoms with Gasteiger partial charge in [0.2, 0.25) is 0 Å². The van der Waals surface area contributed by atoms with Gasteiger partial charge in [-0.15, -0.1) is 0 Å². The predicted molar refractivity (Wildman–Crippen MR) is 182 cm³/mol. The lowest BCUT2D eigenvalue weighted by Gasteiger charge is -2.23. The Bertz CT molecular complexity index is 1860. The van der Waals surface area contributed by atoms with E-state index in [1.807, 2.05) is 37.3 Å². The SMILES string of the molecule is CCOC(=O)c1[nH]c2c(-c3c(C(O)CCC4CCOCC4)n[nH]c3CC)c(Cl)ccc2c1CCCOc1cccc2cc(F)ccc12. The molecule has 1 fully saturated rings. The third kappa shape index (κ3) is 7.03. The van der Waals surface area contributed by atoms with Crippen molar-refractivity contribution in [2.24, 2.45) is 5.92 Å². The first-order valence-electron chi connectivity index (χ1n) is 16.5. The van der Waals surface area contributed by atoms with Gasteiger partial charge in [-0.25, -0.2) is 9.18 Å². The summed E-state index contributed by atoms with van der Waals surface area (Å²) in [6, 6.07) is 14.0. The van der Waals surface area contributed by atoms with E-state index in [1.54, 1.807) is 13.0 Å². The maximum atomic E-state index is 13.8. The Kier molecular flexibility index (Phi) is 10.4. The quantitative estimate of drug-likeness (QED) is 0.0862. The Morgan fingerprint density at radius 1 is 1.13 bits per heavy atom. The average molecular weight is 662 g/mol. The van der Waals surface area contributed by atoms with Gasteiger partial charge in [0, 0.05) is 40.8 Å². The summed E-state index contributed by atoms with van der Waals surface area (Å²) in [5.41, 5.74) is 4.75. The number of ether oxygens (including phenoxy) is 3. The summed E-state index contributed by atoms with van der Waals surface area (Å²) in [5.74, 6) is 0.454. The topological polar surface area (TPSA) is 109 Å². The highest BCUT2D eigenvalue weighted by Gasteiger charge is 2.28. The highest BCUT2D eigenvalue weighted by Crippen LogP contribution is 2.42. The van der Waals surface area contributed by atoms with Crippen molar-refractivity contribution in [3.8, 4) is 16.9 Å². The summed E-state index contributed by atoms with van der Waals surface area (Å²) >= 11 is 6.94. The second-order valence-corrected chi connectivity index (χ2v) is 12.5. The van der Waals surface area contributed by atoms with Crippen LogP contribution in [0, 0.1) is 11.7 Å². The lowest BCUT2D eigenvalue weighted by atomic mass is 9.90. The van der Waals surface area contributed by atoms with Crippen molar-refractivity contribution in [2.45, 2.75) is 64.9 Å². The van der Waals surface area contributed by atoms with E-state index in [2.05, 4.69) is 15.2 Å². The number of aliphatic hydroxyl groups excluding tert-OH is 1. The van der Waals surface area contributed by atoms with Crippen LogP contribution in [0.25, 0.3) is 32.8 Å². The number of carbonyl (C=O) groups is 1. The molecule has 0 aliphatic carbocycles. The normalized spacial score (nSPS) is 14.6. The summed E-state index contributed by atoms with van der Waals surface area (Å²) in [5, 5.41) is 22.1. The van der Waals surface area contributed by atoms with Gasteiger partial charge in [-0.1, -0.05) is 36.7 Å². The Morgan fingerprint density at radius 3 is 2.72 bits per heavy atom. The summed E-state index contributed by atoms with van der Waals surface area (Å²) in [6.07, 6.45) is 4.47. The van der Waals surface area contributed by atoms with E-state index in [9.17, 15) is 14.3 Å². The highest BCUT2D eigenvalue weighted by atomic mass is 35.5. The number of rotatable bonds is 13. The van der Waals surface area contributed by atoms with Gasteiger partial charge in [-0.2, -0.15) is 5.10 Å². The van der Waals surface area contributed by atoms with Gasteiger partial charge in [-0.05, 0) is 99.1 Å². The van der Waals surface area contributed by atoms with Crippen LogP contribution in [-0.4, -0.2) is 52.7 Å². The molecule has 0 saturated carbocycles. The Labute approximate surface area is 278 Å². The van der Waals surface area contributed by atoms with E-state index < -0.39 is 12.1 Å². The zero-order valence-corrected chi connectivity index (χ0v) is 27.6. The van der Waals surface area contributed by atoms with Crippen LogP contribution in [0.2, 0.25) is 5.02 Å². The molecule has 1 atom stereocenters. The van der Waals surface area contributed by atoms with E-state index in [1.165, 1.54) is 12.1 Å². The van der Waals surface area contributed by atoms with Gasteiger partial charge < -0.3 is 24.3 Å². The molecular formula is C37H41ClFN3O5. The van der Waals surface area contributed by atoms with Gasteiger partial charge in [0.25, 0.3) is 0 Å². The third-order valence-corrected chi connectivity index (χ3v) is 9.43. The minimum atomic E-state index is -0.780. The number of H-pyrrole nitrogens is 2. The van der Waals surface area contributed by atoms with E-state index >= 15 is 0 Å². The molecule has 1 aliphatic rings. The van der Waals surface area contributed by atoms with E-state index in [0.29, 0.717) is 71.4 Å². The molecular weight excluding hydrogens is 621 g/mol. The van der Waals surface area contributed by atoms with Crippen molar-refractivity contribution in [1.29, 1.82) is 0 Å². The molecule has 8 nitrogen and oxygen atoms in total. The fourth-order valence-electron chi connectivity index (χ4n) is 6.69. The molecule has 0 bridgehead atoms. The van der Waals surface area contributed by atoms with Crippen molar-refractivity contribution >= 4 is 39.2 Å². The zero-order valence-electron chi connectivity index (χ0n) is 26.8. The first-order valence-corrected chi connectivity index (χ1v) is 16.9. The molecule has 248 valence electrons. The lowest BCUT2D eigenvalue weighted by Crippen LogP contribution is -2.16. The summed E-state index contributed by atoms with van der Waals surface area (Å²) in [6.45, 7) is 5.95. The van der Waals surface area contributed by atoms with Crippen LogP contribution in [0.4, 0.5) is 4.39 Å². The molecule has 3 N–H and O–H groups in total. The van der Waals surface area contributed by atoms with Crippen molar-refractivity contribution in [3.05, 3.63) is 82.0 Å². The molecule has 1 unspecified atom stereocenters. The number of aromatic nitrogens is 3. The van der Waals surface area contributed by atoms with Gasteiger partial charge in [0.05, 0.1) is 35.6 Å². The van der Waals surface area contributed by atoms with Gasteiger partial charge >= 0.3 is 5.97 Å². The molecule has 1 aliphatic heterocycles. The molecule has 6 rings (SSSR count). The fraction of sp³-hybridized carbons (Fsp3) is 0.405. The van der Waals surface area contributed by atoms with Crippen molar-refractivity contribution < 1.29 is 28.5 Å². The van der Waals surface area contributed by atoms with Gasteiger partial charge in [0.1, 0.15) is 17.3 Å². The first-order chi connectivity index (χ1) is 22.9. The minimum Gasteiger partial charge on any atom is -0.493 e. The first kappa shape index (κ1) is 33.0. The number of halogens is 2. The number of nitrogens with zero attached hydrogens (tertiary/aromatic N) is 1. The molecule has 2 aromatic heterocycles. The number of aryl methyl sites for hydroxylation is 2. The largest absolute Gasteiger partial charge is 0.493 e. The average Bonchev–Trinajstić information content (AvgIpc) is 3.67. The maximum Gasteiger partial charge on any atom is 0.355 e. The number of esters is 1. The van der Waals surface area contributed by atoms with Gasteiger partial charge in [0.15, 0.2) is 0 Å². The summed E-state index contributed by atoms with van der Waals surface area (Å²) in [4.78, 5) is 16.6. The minimum absolute atomic E-state index is 0.233. The number of benzene rings is 3. The molecule has 47 heavy (non-hydrogen) atoms. The van der Waals surface area contributed by atoms with Gasteiger partial charge in [-0.3, -0.25) is 5.10 Å². The fourth-order valence-corrected chi connectivity index (χ4v) is 6.94. The number of nitrogens with one attached hydrogen (secondary N) is 2. The van der Waals surface area contributed by atoms with E-state index in [0.717, 1.165) is 65.5 Å². The smallest absolute Gasteiger partial charge is 0.355 e. The lowest BCUT2D eigenvalue weighted by molar-refractivity contribution is 0.0519. The van der Waals surface area contributed by atoms with Crippen LogP contribution in [-0.2, 0) is 22.3 Å². The van der Waals surface area contributed by atoms with Crippen molar-refractivity contribution in [1.82, 2.24) is 15.2 Å². The Hall–Kier alpha value is -3.92. The van der Waals surface area contributed by atoms with Crippen LogP contribution in [0.1, 0.15) is 79.5 Å². The second kappa shape index (κ2) is 14.9. The zero-order chi connectivity index (χ0) is 32.9. The van der Waals surface area contributed by atoms with Crippen LogP contribution in [0.3, 0.4) is 0 Å². The number of carbonyl (C=O) groups excluding carboxylic acids is 1. The number of hydrogen-bond donors (Lipinski definition) is 3. The number of aromatic amines is 2. The van der Waals surface area contributed by atoms with Crippen LogP contribution in [0.5, 0.6) is 5.75 Å². The Morgan fingerprint density at radius 2 is 1.94 bits per heavy atom. The molecule has 3 heterocycles. The highest BCUT2D eigenvalue weighted by molar-refractivity contribution is 6.35. The second-order valence-electron chi connectivity index (χ2n) is 12.1. The van der Waals surface area contributed by atoms with Crippen molar-refractivity contribution in [3.63, 3.8) is 0 Å². The monoisotopic (exact) mass is 661 g/mol. The molecule has 0 radical (unpaired) electrons. The molecule has 1 saturated heterocycles. The van der Waals surface area contributed by atoms with E-state index in [-0.39, 0.29) is 12.4 Å². The van der Waals surface area contributed by atoms with E-state index in [4.69, 9.17) is 25.8 Å². The summed E-state index contributed by atoms with van der Waals surface area (Å²) < 4.78 is 30.9. The summed E-state index contributed by atoms with van der Waals surface area (Å²) in [7, 11) is 0. The van der Waals surface area contributed by atoms with Crippen LogP contribution >= 0.6 is 11.6 Å². The molecule has 0 spiro atoms. The number of aliphatic hydroxyl groups is 1. The molecule has 5 aromatic rings. The van der Waals surface area contributed by atoms with Crippen molar-refractivity contribution in [2.75, 3.05) is 26.4 Å². The number of hydrogen-bond acceptors (Lipinski definition) is 6. The number of fused-ring (bicyclic) bond motifs is 2. The predicted octanol–water partition coefficient (Wildman–Crippen LogP) is 8.49. The molecule has 3 aromatic carbocycles. The third-order valence-electron chi connectivity index (χ3n) is 9.12.